The Balaban J connectivity index is 2.23. The Morgan fingerprint density at radius 1 is 0.970 bits per heavy atom. The van der Waals surface area contributed by atoms with E-state index in [9.17, 15) is 9.59 Å². The molecule has 180 valence electrons. The summed E-state index contributed by atoms with van der Waals surface area (Å²) in [6, 6.07) is 15.2. The Hall–Kier alpha value is -2.82. The second-order valence-electron chi connectivity index (χ2n) is 10.7. The zero-order valence-corrected chi connectivity index (χ0v) is 21.5. The van der Waals surface area contributed by atoms with Crippen molar-refractivity contribution < 1.29 is 14.3 Å². The molecule has 0 saturated carbocycles. The summed E-state index contributed by atoms with van der Waals surface area (Å²) < 4.78 is 5.84. The zero-order chi connectivity index (χ0) is 24.8. The van der Waals surface area contributed by atoms with Crippen LogP contribution in [0.2, 0.25) is 0 Å². The molecular weight excluding hydrogens is 412 g/mol. The molecule has 0 aliphatic carbocycles. The van der Waals surface area contributed by atoms with Crippen molar-refractivity contribution in [1.82, 2.24) is 10.2 Å². The number of hydrogen-bond donors (Lipinski definition) is 1. The summed E-state index contributed by atoms with van der Waals surface area (Å²) in [5, 5.41) is 3.03. The van der Waals surface area contributed by atoms with Crippen LogP contribution < -0.4 is 10.1 Å². The number of carbonyl (C=O) groups is 2. The van der Waals surface area contributed by atoms with Crippen molar-refractivity contribution in [2.45, 2.75) is 85.4 Å². The number of aryl methyl sites for hydroxylation is 1. The predicted molar refractivity (Wildman–Crippen MR) is 134 cm³/mol. The molecule has 0 bridgehead atoms. The molecule has 0 heterocycles. The highest BCUT2D eigenvalue weighted by molar-refractivity contribution is 5.88. The SMILES string of the molecule is CCC(C(=O)NC(C)(C)C)N(Cc1ccccc1C)C(=O)COc1ccc(C(C)(C)C)cc1. The Bertz CT molecular complexity index is 937. The Morgan fingerprint density at radius 2 is 1.58 bits per heavy atom. The first kappa shape index (κ1) is 26.4. The van der Waals surface area contributed by atoms with E-state index in [-0.39, 0.29) is 29.4 Å². The van der Waals surface area contributed by atoms with Crippen molar-refractivity contribution in [1.29, 1.82) is 0 Å². The van der Waals surface area contributed by atoms with Crippen LogP contribution in [0.3, 0.4) is 0 Å². The van der Waals surface area contributed by atoms with Crippen molar-refractivity contribution in [3.8, 4) is 5.75 Å². The summed E-state index contributed by atoms with van der Waals surface area (Å²) >= 11 is 0. The maximum atomic E-state index is 13.3. The van der Waals surface area contributed by atoms with E-state index >= 15 is 0 Å². The van der Waals surface area contributed by atoms with Gasteiger partial charge in [-0.3, -0.25) is 9.59 Å². The molecule has 1 N–H and O–H groups in total. The maximum Gasteiger partial charge on any atom is 0.261 e. The van der Waals surface area contributed by atoms with E-state index in [1.165, 1.54) is 5.56 Å². The van der Waals surface area contributed by atoms with Gasteiger partial charge in [0.1, 0.15) is 11.8 Å². The molecule has 2 rings (SSSR count). The monoisotopic (exact) mass is 452 g/mol. The van der Waals surface area contributed by atoms with Gasteiger partial charge < -0.3 is 15.0 Å². The minimum absolute atomic E-state index is 0.0491. The molecule has 2 aromatic rings. The zero-order valence-electron chi connectivity index (χ0n) is 21.5. The van der Waals surface area contributed by atoms with Gasteiger partial charge in [-0.2, -0.15) is 0 Å². The summed E-state index contributed by atoms with van der Waals surface area (Å²) in [5.74, 6) is 0.273. The minimum atomic E-state index is -0.580. The molecule has 33 heavy (non-hydrogen) atoms. The summed E-state index contributed by atoms with van der Waals surface area (Å²) in [6.45, 7) is 16.5. The van der Waals surface area contributed by atoms with Gasteiger partial charge in [0.25, 0.3) is 5.91 Å². The van der Waals surface area contributed by atoms with E-state index in [2.05, 4.69) is 26.1 Å². The molecule has 0 saturated heterocycles. The van der Waals surface area contributed by atoms with Gasteiger partial charge in [-0.05, 0) is 68.4 Å². The maximum absolute atomic E-state index is 13.3. The van der Waals surface area contributed by atoms with Crippen molar-refractivity contribution >= 4 is 11.8 Å². The second kappa shape index (κ2) is 10.9. The predicted octanol–water partition coefficient (Wildman–Crippen LogP) is 5.39. The third-order valence-corrected chi connectivity index (χ3v) is 5.57. The van der Waals surface area contributed by atoms with Crippen LogP contribution in [-0.4, -0.2) is 34.9 Å². The first-order chi connectivity index (χ1) is 15.3. The molecule has 0 fully saturated rings. The van der Waals surface area contributed by atoms with Crippen LogP contribution in [0.5, 0.6) is 5.75 Å². The van der Waals surface area contributed by atoms with Crippen LogP contribution in [0.25, 0.3) is 0 Å². The fourth-order valence-corrected chi connectivity index (χ4v) is 3.62. The van der Waals surface area contributed by atoms with Gasteiger partial charge in [-0.25, -0.2) is 0 Å². The molecule has 0 aliphatic heterocycles. The lowest BCUT2D eigenvalue weighted by Gasteiger charge is -2.33. The van der Waals surface area contributed by atoms with Crippen molar-refractivity contribution in [2.75, 3.05) is 6.61 Å². The number of nitrogens with one attached hydrogen (secondary N) is 1. The Kier molecular flexibility index (Phi) is 8.70. The smallest absolute Gasteiger partial charge is 0.261 e. The van der Waals surface area contributed by atoms with E-state index < -0.39 is 6.04 Å². The van der Waals surface area contributed by atoms with Crippen molar-refractivity contribution in [3.63, 3.8) is 0 Å². The summed E-state index contributed by atoms with van der Waals surface area (Å²) in [6.07, 6.45) is 0.514. The highest BCUT2D eigenvalue weighted by atomic mass is 16.5. The number of amides is 2. The molecule has 0 aliphatic rings. The quantitative estimate of drug-likeness (QED) is 0.584. The molecule has 0 aromatic heterocycles. The molecule has 5 nitrogen and oxygen atoms in total. The fourth-order valence-electron chi connectivity index (χ4n) is 3.62. The molecule has 1 unspecified atom stereocenters. The highest BCUT2D eigenvalue weighted by Crippen LogP contribution is 2.24. The lowest BCUT2D eigenvalue weighted by molar-refractivity contribution is -0.143. The number of carbonyl (C=O) groups excluding carboxylic acids is 2. The summed E-state index contributed by atoms with van der Waals surface area (Å²) in [4.78, 5) is 28.1. The Morgan fingerprint density at radius 3 is 2.09 bits per heavy atom. The van der Waals surface area contributed by atoms with E-state index in [0.29, 0.717) is 18.7 Å². The van der Waals surface area contributed by atoms with Crippen LogP contribution in [0.15, 0.2) is 48.5 Å². The van der Waals surface area contributed by atoms with Gasteiger partial charge in [-0.1, -0.05) is 64.1 Å². The van der Waals surface area contributed by atoms with Gasteiger partial charge in [0.2, 0.25) is 5.91 Å². The molecule has 0 radical (unpaired) electrons. The molecule has 1 atom stereocenters. The number of benzene rings is 2. The third kappa shape index (κ3) is 7.92. The average Bonchev–Trinajstić information content (AvgIpc) is 2.71. The van der Waals surface area contributed by atoms with E-state index in [1.807, 2.05) is 83.1 Å². The minimum Gasteiger partial charge on any atom is -0.484 e. The summed E-state index contributed by atoms with van der Waals surface area (Å²) in [5.41, 5.74) is 2.97. The number of hydrogen-bond acceptors (Lipinski definition) is 3. The van der Waals surface area contributed by atoms with Gasteiger partial charge in [0.05, 0.1) is 0 Å². The van der Waals surface area contributed by atoms with Gasteiger partial charge in [-0.15, -0.1) is 0 Å². The van der Waals surface area contributed by atoms with Gasteiger partial charge in [0, 0.05) is 12.1 Å². The van der Waals surface area contributed by atoms with Crippen molar-refractivity contribution in [3.05, 3.63) is 65.2 Å². The largest absolute Gasteiger partial charge is 0.484 e. The van der Waals surface area contributed by atoms with E-state index in [4.69, 9.17) is 4.74 Å². The van der Waals surface area contributed by atoms with Crippen LogP contribution >= 0.6 is 0 Å². The van der Waals surface area contributed by atoms with Crippen LogP contribution in [0, 0.1) is 6.92 Å². The first-order valence-corrected chi connectivity index (χ1v) is 11.7. The molecule has 2 aromatic carbocycles. The average molecular weight is 453 g/mol. The number of ether oxygens (including phenoxy) is 1. The van der Waals surface area contributed by atoms with E-state index in [1.54, 1.807) is 4.90 Å². The van der Waals surface area contributed by atoms with E-state index in [0.717, 1.165) is 11.1 Å². The fraction of sp³-hybridized carbons (Fsp3) is 0.500. The standard InChI is InChI=1S/C28H40N2O3/c1-9-24(26(32)29-28(6,7)8)30(18-21-13-11-10-12-20(21)2)25(31)19-33-23-16-14-22(15-17-23)27(3,4)5/h10-17,24H,9,18-19H2,1-8H3,(H,29,32). The first-order valence-electron chi connectivity index (χ1n) is 11.7. The molecule has 2 amide bonds. The lowest BCUT2D eigenvalue weighted by atomic mass is 9.87. The number of rotatable bonds is 8. The Labute approximate surface area is 199 Å². The van der Waals surface area contributed by atoms with Crippen LogP contribution in [0.1, 0.15) is 71.6 Å². The van der Waals surface area contributed by atoms with Crippen LogP contribution in [0.4, 0.5) is 0 Å². The summed E-state index contributed by atoms with van der Waals surface area (Å²) in [7, 11) is 0. The highest BCUT2D eigenvalue weighted by Gasteiger charge is 2.31. The second-order valence-corrected chi connectivity index (χ2v) is 10.7. The van der Waals surface area contributed by atoms with Gasteiger partial charge in [0.15, 0.2) is 6.61 Å². The van der Waals surface area contributed by atoms with Crippen molar-refractivity contribution in [2.24, 2.45) is 0 Å². The number of nitrogens with zero attached hydrogens (tertiary/aromatic N) is 1. The molecule has 0 spiro atoms. The normalized spacial score (nSPS) is 12.7. The topological polar surface area (TPSA) is 58.6 Å². The van der Waals surface area contributed by atoms with Crippen LogP contribution in [-0.2, 0) is 21.5 Å². The lowest BCUT2D eigenvalue weighted by Crippen LogP contribution is -2.54. The van der Waals surface area contributed by atoms with Gasteiger partial charge >= 0.3 is 0 Å². The molecule has 5 heteroatoms. The third-order valence-electron chi connectivity index (χ3n) is 5.57. The molecular formula is C28H40N2O3.